The van der Waals surface area contributed by atoms with E-state index in [-0.39, 0.29) is 5.91 Å². The van der Waals surface area contributed by atoms with E-state index in [9.17, 15) is 4.79 Å². The molecule has 1 N–H and O–H groups in total. The number of carbonyl (C=O) groups is 1. The molecule has 1 saturated heterocycles. The first-order valence-electron chi connectivity index (χ1n) is 6.29. The summed E-state index contributed by atoms with van der Waals surface area (Å²) in [5.74, 6) is -0.121. The molecule has 1 aliphatic heterocycles. The summed E-state index contributed by atoms with van der Waals surface area (Å²) in [6, 6.07) is 18.2. The standard InChI is InChI=1S/C16H11NOS3/c18-15-14(21-16(19)17-15)10-11-6-4-5-9-13(11)20-12-7-2-1-3-8-12/h1-10H,(H,17,18,19). The number of thioether (sulfide) groups is 1. The molecule has 2 nitrogen and oxygen atoms in total. The number of nitrogens with one attached hydrogen (secondary N) is 1. The van der Waals surface area contributed by atoms with Gasteiger partial charge in [-0.2, -0.15) is 0 Å². The van der Waals surface area contributed by atoms with Crippen molar-refractivity contribution in [1.29, 1.82) is 0 Å². The fourth-order valence-corrected chi connectivity index (χ4v) is 3.84. The molecule has 0 bridgehead atoms. The van der Waals surface area contributed by atoms with Gasteiger partial charge in [0.2, 0.25) is 0 Å². The Morgan fingerprint density at radius 2 is 1.76 bits per heavy atom. The number of rotatable bonds is 3. The molecule has 104 valence electrons. The first-order valence-corrected chi connectivity index (χ1v) is 8.33. The average molecular weight is 329 g/mol. The maximum Gasteiger partial charge on any atom is 0.263 e. The lowest BCUT2D eigenvalue weighted by Crippen LogP contribution is -2.17. The summed E-state index contributed by atoms with van der Waals surface area (Å²) in [6.45, 7) is 0. The van der Waals surface area contributed by atoms with Gasteiger partial charge in [0, 0.05) is 9.79 Å². The molecule has 1 aliphatic rings. The van der Waals surface area contributed by atoms with Crippen molar-refractivity contribution in [3.05, 3.63) is 65.1 Å². The van der Waals surface area contributed by atoms with E-state index >= 15 is 0 Å². The molecule has 5 heteroatoms. The second-order valence-electron chi connectivity index (χ2n) is 4.31. The largest absolute Gasteiger partial charge is 0.307 e. The summed E-state index contributed by atoms with van der Waals surface area (Å²) in [6.07, 6.45) is 1.89. The summed E-state index contributed by atoms with van der Waals surface area (Å²) >= 11 is 8.00. The maximum absolute atomic E-state index is 11.8. The van der Waals surface area contributed by atoms with Gasteiger partial charge in [-0.15, -0.1) is 0 Å². The zero-order valence-electron chi connectivity index (χ0n) is 10.9. The minimum Gasteiger partial charge on any atom is -0.307 e. The van der Waals surface area contributed by atoms with Crippen LogP contribution in [0.5, 0.6) is 0 Å². The Morgan fingerprint density at radius 1 is 1.05 bits per heavy atom. The van der Waals surface area contributed by atoms with Gasteiger partial charge >= 0.3 is 0 Å². The molecule has 0 atom stereocenters. The van der Waals surface area contributed by atoms with Gasteiger partial charge in [-0.25, -0.2) is 0 Å². The third-order valence-electron chi connectivity index (χ3n) is 2.82. The summed E-state index contributed by atoms with van der Waals surface area (Å²) in [4.78, 5) is 14.7. The molecule has 21 heavy (non-hydrogen) atoms. The maximum atomic E-state index is 11.8. The molecule has 0 saturated carbocycles. The zero-order chi connectivity index (χ0) is 14.7. The highest BCUT2D eigenvalue weighted by Gasteiger charge is 2.22. The smallest absolute Gasteiger partial charge is 0.263 e. The Bertz CT molecular complexity index is 725. The normalized spacial score (nSPS) is 16.3. The van der Waals surface area contributed by atoms with Crippen LogP contribution in [0.2, 0.25) is 0 Å². The molecular weight excluding hydrogens is 318 g/mol. The number of benzene rings is 2. The zero-order valence-corrected chi connectivity index (χ0v) is 13.4. The van der Waals surface area contributed by atoms with Crippen LogP contribution >= 0.6 is 35.7 Å². The van der Waals surface area contributed by atoms with Gasteiger partial charge in [0.1, 0.15) is 4.32 Å². The highest BCUT2D eigenvalue weighted by molar-refractivity contribution is 8.26. The number of amides is 1. The SMILES string of the molecule is O=C1NC(=S)SC1=Cc1ccccc1Sc1ccccc1. The van der Waals surface area contributed by atoms with Crippen molar-refractivity contribution in [3.8, 4) is 0 Å². The summed E-state index contributed by atoms with van der Waals surface area (Å²) < 4.78 is 0.513. The van der Waals surface area contributed by atoms with E-state index in [2.05, 4.69) is 23.5 Å². The van der Waals surface area contributed by atoms with Crippen LogP contribution in [0.25, 0.3) is 6.08 Å². The minimum atomic E-state index is -0.121. The van der Waals surface area contributed by atoms with Crippen molar-refractivity contribution in [2.75, 3.05) is 0 Å². The third-order valence-corrected chi connectivity index (χ3v) is 5.08. The molecule has 2 aromatic carbocycles. The van der Waals surface area contributed by atoms with Crippen molar-refractivity contribution < 1.29 is 4.79 Å². The molecule has 2 aromatic rings. The summed E-state index contributed by atoms with van der Waals surface area (Å²) in [7, 11) is 0. The fourth-order valence-electron chi connectivity index (χ4n) is 1.87. The van der Waals surface area contributed by atoms with Gasteiger partial charge in [0.05, 0.1) is 4.91 Å². The van der Waals surface area contributed by atoms with E-state index < -0.39 is 0 Å². The predicted molar refractivity (Wildman–Crippen MR) is 93.3 cm³/mol. The van der Waals surface area contributed by atoms with E-state index in [1.165, 1.54) is 16.7 Å². The van der Waals surface area contributed by atoms with Crippen LogP contribution < -0.4 is 5.32 Å². The van der Waals surface area contributed by atoms with Crippen LogP contribution in [-0.4, -0.2) is 10.2 Å². The van der Waals surface area contributed by atoms with Gasteiger partial charge < -0.3 is 5.32 Å². The third kappa shape index (κ3) is 3.56. The molecular formula is C16H11NOS3. The van der Waals surface area contributed by atoms with Crippen LogP contribution in [-0.2, 0) is 4.79 Å². The highest BCUT2D eigenvalue weighted by Crippen LogP contribution is 2.33. The molecule has 0 radical (unpaired) electrons. The lowest BCUT2D eigenvalue weighted by Gasteiger charge is -2.06. The van der Waals surface area contributed by atoms with Crippen LogP contribution in [0.3, 0.4) is 0 Å². The summed E-state index contributed by atoms with van der Waals surface area (Å²) in [5, 5.41) is 2.64. The van der Waals surface area contributed by atoms with Crippen molar-refractivity contribution in [2.24, 2.45) is 0 Å². The van der Waals surface area contributed by atoms with E-state index in [1.807, 2.05) is 42.5 Å². The Balaban J connectivity index is 1.92. The number of thiocarbonyl (C=S) groups is 1. The quantitative estimate of drug-likeness (QED) is 0.670. The van der Waals surface area contributed by atoms with Gasteiger partial charge in [0.15, 0.2) is 0 Å². The van der Waals surface area contributed by atoms with Gasteiger partial charge in [-0.1, -0.05) is 72.1 Å². The molecule has 1 heterocycles. The van der Waals surface area contributed by atoms with E-state index in [1.54, 1.807) is 11.8 Å². The molecule has 0 aliphatic carbocycles. The van der Waals surface area contributed by atoms with Gasteiger partial charge in [-0.3, -0.25) is 4.79 Å². The molecule has 0 aromatic heterocycles. The first-order chi connectivity index (χ1) is 10.2. The Morgan fingerprint density at radius 3 is 2.48 bits per heavy atom. The van der Waals surface area contributed by atoms with Gasteiger partial charge in [-0.05, 0) is 29.8 Å². The molecule has 1 fully saturated rings. The van der Waals surface area contributed by atoms with Crippen molar-refractivity contribution in [2.45, 2.75) is 9.79 Å². The lowest BCUT2D eigenvalue weighted by atomic mass is 10.2. The van der Waals surface area contributed by atoms with Crippen LogP contribution in [0, 0.1) is 0 Å². The number of hydrogen-bond donors (Lipinski definition) is 1. The highest BCUT2D eigenvalue weighted by atomic mass is 32.2. The number of carbonyl (C=O) groups excluding carboxylic acids is 1. The monoisotopic (exact) mass is 329 g/mol. The van der Waals surface area contributed by atoms with Crippen molar-refractivity contribution in [3.63, 3.8) is 0 Å². The Kier molecular flexibility index (Phi) is 4.43. The molecule has 0 unspecified atom stereocenters. The fraction of sp³-hybridized carbons (Fsp3) is 0. The summed E-state index contributed by atoms with van der Waals surface area (Å²) in [5.41, 5.74) is 1.02. The van der Waals surface area contributed by atoms with Crippen molar-refractivity contribution in [1.82, 2.24) is 5.32 Å². The Labute approximate surface area is 137 Å². The molecule has 1 amide bonds. The van der Waals surface area contributed by atoms with E-state index in [0.717, 1.165) is 10.5 Å². The second-order valence-corrected chi connectivity index (χ2v) is 7.14. The van der Waals surface area contributed by atoms with Crippen LogP contribution in [0.1, 0.15) is 5.56 Å². The molecule has 3 rings (SSSR count). The predicted octanol–water partition coefficient (Wildman–Crippen LogP) is 4.33. The van der Waals surface area contributed by atoms with E-state index in [4.69, 9.17) is 12.2 Å². The van der Waals surface area contributed by atoms with Gasteiger partial charge in [0.25, 0.3) is 5.91 Å². The Hall–Kier alpha value is -1.56. The topological polar surface area (TPSA) is 29.1 Å². The van der Waals surface area contributed by atoms with E-state index in [0.29, 0.717) is 9.23 Å². The van der Waals surface area contributed by atoms with Crippen LogP contribution in [0.15, 0.2) is 69.3 Å². The molecule has 0 spiro atoms. The lowest BCUT2D eigenvalue weighted by molar-refractivity contribution is -0.115. The van der Waals surface area contributed by atoms with Crippen molar-refractivity contribution >= 4 is 52.0 Å². The first kappa shape index (κ1) is 14.4. The van der Waals surface area contributed by atoms with Crippen LogP contribution in [0.4, 0.5) is 0 Å². The number of hydrogen-bond acceptors (Lipinski definition) is 4. The minimum absolute atomic E-state index is 0.121. The average Bonchev–Trinajstić information content (AvgIpc) is 2.80. The second kappa shape index (κ2) is 6.47.